The SMILES string of the molecule is CC[C@@H]1[C@H](O)[C@H](NC)C2O[C@]3(O)C(OC2[C@@H]1O)O[C@H](C)C[C@H]3NC(=O)Cc1csc(-c2ccccc2)n1. The highest BCUT2D eigenvalue weighted by atomic mass is 32.1. The Labute approximate surface area is 220 Å². The average molecular weight is 534 g/mol. The van der Waals surface area contributed by atoms with Crippen LogP contribution in [0.1, 0.15) is 32.4 Å². The Hall–Kier alpha value is -1.96. The van der Waals surface area contributed by atoms with Gasteiger partial charge in [-0.3, -0.25) is 4.79 Å². The molecule has 2 aromatic rings. The lowest BCUT2D eigenvalue weighted by molar-refractivity contribution is -0.450. The highest BCUT2D eigenvalue weighted by molar-refractivity contribution is 7.13. The number of rotatable bonds is 6. The molecule has 10 nitrogen and oxygen atoms in total. The first kappa shape index (κ1) is 26.6. The molecule has 5 N–H and O–H groups in total. The van der Waals surface area contributed by atoms with Gasteiger partial charge in [0.05, 0.1) is 42.5 Å². The molecule has 1 saturated carbocycles. The number of hydrogen-bond donors (Lipinski definition) is 5. The van der Waals surface area contributed by atoms with Gasteiger partial charge in [0.25, 0.3) is 0 Å². The number of aliphatic hydroxyl groups is 3. The smallest absolute Gasteiger partial charge is 0.239 e. The number of fused-ring (bicyclic) bond motifs is 2. The molecule has 5 rings (SSSR count). The van der Waals surface area contributed by atoms with Crippen molar-refractivity contribution in [3.05, 3.63) is 41.4 Å². The summed E-state index contributed by atoms with van der Waals surface area (Å²) in [6, 6.07) is 8.32. The molecule has 1 aromatic heterocycles. The maximum atomic E-state index is 13.1. The number of hydrogen-bond acceptors (Lipinski definition) is 10. The molecule has 1 amide bonds. The lowest BCUT2D eigenvalue weighted by Gasteiger charge is -2.58. The molecule has 2 aliphatic heterocycles. The molecule has 0 radical (unpaired) electrons. The summed E-state index contributed by atoms with van der Waals surface area (Å²) in [5, 5.41) is 42.1. The van der Waals surface area contributed by atoms with Crippen LogP contribution in [0.4, 0.5) is 0 Å². The number of aromatic nitrogens is 1. The molecule has 37 heavy (non-hydrogen) atoms. The van der Waals surface area contributed by atoms with Gasteiger partial charge in [-0.15, -0.1) is 11.3 Å². The highest BCUT2D eigenvalue weighted by Gasteiger charge is 2.63. The summed E-state index contributed by atoms with van der Waals surface area (Å²) in [6.45, 7) is 3.72. The first-order chi connectivity index (χ1) is 17.7. The second kappa shape index (κ2) is 10.7. The van der Waals surface area contributed by atoms with Gasteiger partial charge in [0.2, 0.25) is 18.0 Å². The van der Waals surface area contributed by atoms with Crippen molar-refractivity contribution in [3.63, 3.8) is 0 Å². The molecule has 0 bridgehead atoms. The molecule has 3 fully saturated rings. The van der Waals surface area contributed by atoms with Crippen molar-refractivity contribution < 1.29 is 34.3 Å². The molecule has 1 aromatic carbocycles. The van der Waals surface area contributed by atoms with E-state index in [1.54, 1.807) is 7.05 Å². The summed E-state index contributed by atoms with van der Waals surface area (Å²) in [5.41, 5.74) is 1.61. The molecule has 3 heterocycles. The molecule has 202 valence electrons. The van der Waals surface area contributed by atoms with E-state index in [1.165, 1.54) is 11.3 Å². The third-order valence-corrected chi connectivity index (χ3v) is 8.62. The molecular formula is C26H35N3O7S. The number of carbonyl (C=O) groups is 1. The molecule has 1 aliphatic carbocycles. The first-order valence-electron chi connectivity index (χ1n) is 12.8. The Morgan fingerprint density at radius 1 is 1.19 bits per heavy atom. The summed E-state index contributed by atoms with van der Waals surface area (Å²) in [4.78, 5) is 17.6. The minimum Gasteiger partial charge on any atom is -0.391 e. The lowest BCUT2D eigenvalue weighted by atomic mass is 9.74. The lowest BCUT2D eigenvalue weighted by Crippen LogP contribution is -2.77. The summed E-state index contributed by atoms with van der Waals surface area (Å²) in [7, 11) is 1.69. The monoisotopic (exact) mass is 533 g/mol. The van der Waals surface area contributed by atoms with E-state index in [0.29, 0.717) is 18.5 Å². The van der Waals surface area contributed by atoms with Crippen molar-refractivity contribution in [1.29, 1.82) is 0 Å². The first-order valence-corrected chi connectivity index (χ1v) is 13.7. The van der Waals surface area contributed by atoms with Gasteiger partial charge in [-0.1, -0.05) is 37.3 Å². The van der Waals surface area contributed by atoms with Gasteiger partial charge in [0.1, 0.15) is 17.2 Å². The van der Waals surface area contributed by atoms with Crippen molar-refractivity contribution >= 4 is 17.2 Å². The van der Waals surface area contributed by atoms with E-state index in [0.717, 1.165) is 10.6 Å². The minimum absolute atomic E-state index is 0.0392. The van der Waals surface area contributed by atoms with E-state index in [2.05, 4.69) is 15.6 Å². The van der Waals surface area contributed by atoms with Crippen molar-refractivity contribution in [2.45, 2.75) is 87.8 Å². The minimum atomic E-state index is -2.01. The maximum absolute atomic E-state index is 13.1. The van der Waals surface area contributed by atoms with Gasteiger partial charge in [-0.2, -0.15) is 0 Å². The van der Waals surface area contributed by atoms with Gasteiger partial charge in [-0.25, -0.2) is 4.98 Å². The van der Waals surface area contributed by atoms with E-state index in [9.17, 15) is 20.1 Å². The number of aliphatic hydroxyl groups excluding tert-OH is 2. The zero-order chi connectivity index (χ0) is 26.3. The summed E-state index contributed by atoms with van der Waals surface area (Å²) >= 11 is 1.47. The molecule has 2 saturated heterocycles. The van der Waals surface area contributed by atoms with Crippen molar-refractivity contribution in [3.8, 4) is 10.6 Å². The summed E-state index contributed by atoms with van der Waals surface area (Å²) < 4.78 is 18.2. The van der Waals surface area contributed by atoms with Crippen LogP contribution >= 0.6 is 11.3 Å². The fraction of sp³-hybridized carbons (Fsp3) is 0.615. The van der Waals surface area contributed by atoms with Crippen LogP contribution < -0.4 is 10.6 Å². The van der Waals surface area contributed by atoms with Crippen molar-refractivity contribution in [2.24, 2.45) is 5.92 Å². The van der Waals surface area contributed by atoms with E-state index in [-0.39, 0.29) is 18.4 Å². The van der Waals surface area contributed by atoms with Gasteiger partial charge < -0.3 is 40.2 Å². The molecule has 3 aliphatic rings. The fourth-order valence-corrected chi connectivity index (χ4v) is 6.58. The number of thiazole rings is 1. The van der Waals surface area contributed by atoms with Gasteiger partial charge in [-0.05, 0) is 26.8 Å². The largest absolute Gasteiger partial charge is 0.391 e. The Balaban J connectivity index is 1.32. The highest BCUT2D eigenvalue weighted by Crippen LogP contribution is 2.43. The van der Waals surface area contributed by atoms with Crippen LogP contribution in [0, 0.1) is 5.92 Å². The van der Waals surface area contributed by atoms with Gasteiger partial charge >= 0.3 is 0 Å². The van der Waals surface area contributed by atoms with Crippen LogP contribution in [0.2, 0.25) is 0 Å². The third-order valence-electron chi connectivity index (χ3n) is 7.68. The standard InChI is InChI=1S/C26H35N3O7S/c1-4-16-20(31)19(27-3)22-23(21(16)32)35-25-26(33,36-22)17(10-13(2)34-25)29-18(30)11-15-12-37-24(28-15)14-8-6-5-7-9-14/h5-9,12-13,16-17,19-23,25,27,31-33H,4,10-11H2,1-3H3,(H,29,30)/t13-,16-,17-,19+,20+,21-,22?,23?,25?,26+/m1/s1. The number of benzene rings is 1. The Bertz CT molecular complexity index is 1090. The van der Waals surface area contributed by atoms with Crippen LogP contribution in [0.5, 0.6) is 0 Å². The molecule has 11 heteroatoms. The maximum Gasteiger partial charge on any atom is 0.239 e. The van der Waals surface area contributed by atoms with E-state index in [4.69, 9.17) is 14.2 Å². The topological polar surface area (TPSA) is 142 Å². The van der Waals surface area contributed by atoms with Crippen LogP contribution in [0.25, 0.3) is 10.6 Å². The second-order valence-corrected chi connectivity index (χ2v) is 11.0. The predicted octanol–water partition coefficient (Wildman–Crippen LogP) is 0.795. The normalized spacial score (nSPS) is 39.5. The van der Waals surface area contributed by atoms with Crippen molar-refractivity contribution in [2.75, 3.05) is 7.05 Å². The number of amides is 1. The number of carbonyl (C=O) groups excluding carboxylic acids is 1. The van der Waals surface area contributed by atoms with E-state index in [1.807, 2.05) is 49.6 Å². The van der Waals surface area contributed by atoms with Crippen molar-refractivity contribution in [1.82, 2.24) is 15.6 Å². The number of nitrogens with zero attached hydrogens (tertiary/aromatic N) is 1. The molecular weight excluding hydrogens is 498 g/mol. The zero-order valence-electron chi connectivity index (χ0n) is 21.1. The summed E-state index contributed by atoms with van der Waals surface area (Å²) in [6.07, 6.45) is -4.27. The number of likely N-dealkylation sites (N-methyl/N-ethyl adjacent to an activating group) is 1. The zero-order valence-corrected chi connectivity index (χ0v) is 21.9. The Morgan fingerprint density at radius 3 is 2.65 bits per heavy atom. The van der Waals surface area contributed by atoms with Crippen LogP contribution in [-0.2, 0) is 25.4 Å². The predicted molar refractivity (Wildman–Crippen MR) is 135 cm³/mol. The van der Waals surface area contributed by atoms with Gasteiger partial charge in [0.15, 0.2) is 0 Å². The fourth-order valence-electron chi connectivity index (χ4n) is 5.75. The molecule has 0 spiro atoms. The third kappa shape index (κ3) is 4.95. The Kier molecular flexibility index (Phi) is 7.68. The van der Waals surface area contributed by atoms with E-state index >= 15 is 0 Å². The van der Waals surface area contributed by atoms with E-state index < -0.39 is 54.5 Å². The van der Waals surface area contributed by atoms with Crippen LogP contribution in [-0.4, -0.2) is 87.9 Å². The molecule has 3 unspecified atom stereocenters. The number of ether oxygens (including phenoxy) is 3. The quantitative estimate of drug-likeness (QED) is 0.364. The van der Waals surface area contributed by atoms with Crippen LogP contribution in [0.15, 0.2) is 35.7 Å². The summed E-state index contributed by atoms with van der Waals surface area (Å²) in [5.74, 6) is -2.75. The average Bonchev–Trinajstić information content (AvgIpc) is 3.33. The second-order valence-electron chi connectivity index (χ2n) is 10.1. The molecule has 10 atom stereocenters. The number of nitrogens with one attached hydrogen (secondary N) is 2. The van der Waals surface area contributed by atoms with Crippen LogP contribution in [0.3, 0.4) is 0 Å². The van der Waals surface area contributed by atoms with Gasteiger partial charge in [0, 0.05) is 16.9 Å². The Morgan fingerprint density at radius 2 is 1.95 bits per heavy atom.